The SMILES string of the molecule is Fc1ccc(CCN2CCNCC2)c(F)c1Br. The van der Waals surface area contributed by atoms with E-state index in [-0.39, 0.29) is 4.47 Å². The molecule has 2 nitrogen and oxygen atoms in total. The fourth-order valence-corrected chi connectivity index (χ4v) is 2.36. The summed E-state index contributed by atoms with van der Waals surface area (Å²) in [5.41, 5.74) is 0.566. The Morgan fingerprint density at radius 3 is 2.65 bits per heavy atom. The monoisotopic (exact) mass is 304 g/mol. The molecule has 0 spiro atoms. The zero-order valence-corrected chi connectivity index (χ0v) is 11.1. The molecule has 0 saturated carbocycles. The van der Waals surface area contributed by atoms with Gasteiger partial charge in [0.15, 0.2) is 0 Å². The topological polar surface area (TPSA) is 15.3 Å². The van der Waals surface area contributed by atoms with Gasteiger partial charge in [-0.15, -0.1) is 0 Å². The number of benzene rings is 1. The van der Waals surface area contributed by atoms with Gasteiger partial charge >= 0.3 is 0 Å². The van der Waals surface area contributed by atoms with E-state index in [1.807, 2.05) is 0 Å². The molecule has 1 aliphatic heterocycles. The summed E-state index contributed by atoms with van der Waals surface area (Å²) in [5, 5.41) is 3.27. The minimum Gasteiger partial charge on any atom is -0.314 e. The third-order valence-corrected chi connectivity index (χ3v) is 3.75. The van der Waals surface area contributed by atoms with Crippen LogP contribution in [0.25, 0.3) is 0 Å². The average Bonchev–Trinajstić information content (AvgIpc) is 2.36. The second-order valence-electron chi connectivity index (χ2n) is 4.18. The van der Waals surface area contributed by atoms with Gasteiger partial charge in [0.1, 0.15) is 11.6 Å². The summed E-state index contributed by atoms with van der Waals surface area (Å²) in [4.78, 5) is 2.28. The maximum atomic E-state index is 13.7. The Morgan fingerprint density at radius 2 is 1.94 bits per heavy atom. The van der Waals surface area contributed by atoms with Crippen LogP contribution in [0.2, 0.25) is 0 Å². The van der Waals surface area contributed by atoms with Crippen LogP contribution in [0.4, 0.5) is 8.78 Å². The highest BCUT2D eigenvalue weighted by molar-refractivity contribution is 9.10. The molecule has 2 rings (SSSR count). The van der Waals surface area contributed by atoms with Crippen molar-refractivity contribution in [3.05, 3.63) is 33.8 Å². The smallest absolute Gasteiger partial charge is 0.143 e. The molecule has 1 heterocycles. The van der Waals surface area contributed by atoms with E-state index >= 15 is 0 Å². The number of nitrogens with one attached hydrogen (secondary N) is 1. The molecule has 1 aliphatic rings. The predicted molar refractivity (Wildman–Crippen MR) is 67.1 cm³/mol. The Kier molecular flexibility index (Phi) is 4.48. The van der Waals surface area contributed by atoms with Gasteiger partial charge < -0.3 is 10.2 Å². The largest absolute Gasteiger partial charge is 0.314 e. The highest BCUT2D eigenvalue weighted by Gasteiger charge is 2.13. The molecule has 1 fully saturated rings. The van der Waals surface area contributed by atoms with Gasteiger partial charge in [0, 0.05) is 32.7 Å². The van der Waals surface area contributed by atoms with Crippen LogP contribution in [-0.2, 0) is 6.42 Å². The van der Waals surface area contributed by atoms with Gasteiger partial charge in [-0.2, -0.15) is 0 Å². The van der Waals surface area contributed by atoms with Crippen molar-refractivity contribution < 1.29 is 8.78 Å². The molecule has 0 amide bonds. The molecule has 0 bridgehead atoms. The number of nitrogens with zero attached hydrogens (tertiary/aromatic N) is 1. The van der Waals surface area contributed by atoms with Crippen LogP contribution in [-0.4, -0.2) is 37.6 Å². The van der Waals surface area contributed by atoms with Gasteiger partial charge in [0.05, 0.1) is 4.47 Å². The maximum absolute atomic E-state index is 13.7. The highest BCUT2D eigenvalue weighted by atomic mass is 79.9. The molecular formula is C12H15BrF2N2. The van der Waals surface area contributed by atoms with Gasteiger partial charge in [-0.1, -0.05) is 6.07 Å². The molecule has 5 heteroatoms. The number of hydrogen-bond acceptors (Lipinski definition) is 2. The Balaban J connectivity index is 1.96. The van der Waals surface area contributed by atoms with Crippen molar-refractivity contribution in [2.45, 2.75) is 6.42 Å². The van der Waals surface area contributed by atoms with Crippen LogP contribution >= 0.6 is 15.9 Å². The number of piperazine rings is 1. The Bertz CT molecular complexity index is 392. The number of hydrogen-bond donors (Lipinski definition) is 1. The predicted octanol–water partition coefficient (Wildman–Crippen LogP) is 2.17. The molecule has 0 aliphatic carbocycles. The van der Waals surface area contributed by atoms with Gasteiger partial charge in [-0.3, -0.25) is 0 Å². The summed E-state index contributed by atoms with van der Waals surface area (Å²) < 4.78 is 26.7. The molecule has 0 unspecified atom stereocenters. The van der Waals surface area contributed by atoms with E-state index in [4.69, 9.17) is 0 Å². The molecule has 1 N–H and O–H groups in total. The summed E-state index contributed by atoms with van der Waals surface area (Å²) in [6.45, 7) is 4.76. The first-order chi connectivity index (χ1) is 8.18. The van der Waals surface area contributed by atoms with Crippen LogP contribution in [0.15, 0.2) is 16.6 Å². The highest BCUT2D eigenvalue weighted by Crippen LogP contribution is 2.22. The van der Waals surface area contributed by atoms with Crippen molar-refractivity contribution in [1.82, 2.24) is 10.2 Å². The quantitative estimate of drug-likeness (QED) is 0.861. The van der Waals surface area contributed by atoms with Crippen LogP contribution in [0, 0.1) is 11.6 Å². The van der Waals surface area contributed by atoms with E-state index in [1.54, 1.807) is 0 Å². The minimum absolute atomic E-state index is 0.0599. The zero-order chi connectivity index (χ0) is 12.3. The third kappa shape index (κ3) is 3.24. The van der Waals surface area contributed by atoms with E-state index in [1.165, 1.54) is 12.1 Å². The van der Waals surface area contributed by atoms with Crippen molar-refractivity contribution in [3.8, 4) is 0 Å². The summed E-state index contributed by atoms with van der Waals surface area (Å²) in [5.74, 6) is -1.02. The maximum Gasteiger partial charge on any atom is 0.143 e. The lowest BCUT2D eigenvalue weighted by atomic mass is 10.1. The molecule has 1 aromatic carbocycles. The lowest BCUT2D eigenvalue weighted by Crippen LogP contribution is -2.44. The molecule has 94 valence electrons. The van der Waals surface area contributed by atoms with Gasteiger partial charge in [0.25, 0.3) is 0 Å². The summed E-state index contributed by atoms with van der Waals surface area (Å²) >= 11 is 2.92. The van der Waals surface area contributed by atoms with Gasteiger partial charge in [-0.25, -0.2) is 8.78 Å². The van der Waals surface area contributed by atoms with Crippen molar-refractivity contribution in [3.63, 3.8) is 0 Å². The lowest BCUT2D eigenvalue weighted by Gasteiger charge is -2.27. The lowest BCUT2D eigenvalue weighted by molar-refractivity contribution is 0.243. The number of halogens is 3. The zero-order valence-electron chi connectivity index (χ0n) is 9.48. The first kappa shape index (κ1) is 12.9. The van der Waals surface area contributed by atoms with Crippen molar-refractivity contribution in [2.75, 3.05) is 32.7 Å². The fraction of sp³-hybridized carbons (Fsp3) is 0.500. The van der Waals surface area contributed by atoms with E-state index in [2.05, 4.69) is 26.1 Å². The second kappa shape index (κ2) is 5.89. The van der Waals surface area contributed by atoms with Gasteiger partial charge in [0.2, 0.25) is 0 Å². The third-order valence-electron chi connectivity index (χ3n) is 3.02. The second-order valence-corrected chi connectivity index (χ2v) is 4.97. The molecular weight excluding hydrogens is 290 g/mol. The molecule has 0 aromatic heterocycles. The fourth-order valence-electron chi connectivity index (χ4n) is 1.97. The van der Waals surface area contributed by atoms with E-state index in [9.17, 15) is 8.78 Å². The van der Waals surface area contributed by atoms with E-state index < -0.39 is 11.6 Å². The summed E-state index contributed by atoms with van der Waals surface area (Å²) in [7, 11) is 0. The van der Waals surface area contributed by atoms with Crippen molar-refractivity contribution >= 4 is 15.9 Å². The van der Waals surface area contributed by atoms with Gasteiger partial charge in [-0.05, 0) is 34.0 Å². The van der Waals surface area contributed by atoms with Crippen LogP contribution in [0.3, 0.4) is 0 Å². The summed E-state index contributed by atoms with van der Waals surface area (Å²) in [6.07, 6.45) is 0.616. The number of rotatable bonds is 3. The van der Waals surface area contributed by atoms with E-state index in [0.29, 0.717) is 12.0 Å². The first-order valence-electron chi connectivity index (χ1n) is 5.74. The van der Waals surface area contributed by atoms with Crippen LogP contribution in [0.5, 0.6) is 0 Å². The van der Waals surface area contributed by atoms with Crippen molar-refractivity contribution in [1.29, 1.82) is 0 Å². The molecule has 0 radical (unpaired) electrons. The Labute approximate surface area is 108 Å². The average molecular weight is 305 g/mol. The molecule has 1 saturated heterocycles. The van der Waals surface area contributed by atoms with Crippen LogP contribution in [0.1, 0.15) is 5.56 Å². The van der Waals surface area contributed by atoms with Crippen molar-refractivity contribution in [2.24, 2.45) is 0 Å². The molecule has 0 atom stereocenters. The molecule has 1 aromatic rings. The van der Waals surface area contributed by atoms with E-state index in [0.717, 1.165) is 32.7 Å². The minimum atomic E-state index is -0.548. The van der Waals surface area contributed by atoms with Crippen LogP contribution < -0.4 is 5.32 Å². The standard InChI is InChI=1S/C12H15BrF2N2/c13-11-10(14)2-1-9(12(11)15)3-6-17-7-4-16-5-8-17/h1-2,16H,3-8H2. The molecule has 17 heavy (non-hydrogen) atoms. The summed E-state index contributed by atoms with van der Waals surface area (Å²) in [6, 6.07) is 2.83. The Morgan fingerprint density at radius 1 is 1.24 bits per heavy atom. The Hall–Kier alpha value is -0.520. The normalized spacial score (nSPS) is 17.4. The first-order valence-corrected chi connectivity index (χ1v) is 6.53.